The van der Waals surface area contributed by atoms with Crippen LogP contribution in [0.25, 0.3) is 0 Å². The lowest BCUT2D eigenvalue weighted by atomic mass is 10.1. The number of carbonyl (C=O) groups is 1. The summed E-state index contributed by atoms with van der Waals surface area (Å²) in [6.45, 7) is 1.74. The van der Waals surface area contributed by atoms with Gasteiger partial charge in [0.2, 0.25) is 0 Å². The number of hydrogen-bond acceptors (Lipinski definition) is 4. The zero-order valence-electron chi connectivity index (χ0n) is 11.5. The average molecular weight is 291 g/mol. The molecule has 0 fully saturated rings. The Bertz CT molecular complexity index is 723. The molecule has 0 aliphatic heterocycles. The molecule has 0 spiro atoms. The molecule has 0 saturated carbocycles. The minimum atomic E-state index is -0.686. The number of oxime groups is 1. The molecular weight excluding hydrogens is 277 g/mol. The van der Waals surface area contributed by atoms with Crippen LogP contribution in [-0.2, 0) is 7.05 Å². The second-order valence-electron chi connectivity index (χ2n) is 4.40. The number of nitrogens with two attached hydrogens (primary N) is 1. The van der Waals surface area contributed by atoms with Gasteiger partial charge in [-0.2, -0.15) is 5.10 Å². The molecule has 8 heteroatoms. The average Bonchev–Trinajstić information content (AvgIpc) is 2.80. The van der Waals surface area contributed by atoms with E-state index >= 15 is 0 Å². The highest BCUT2D eigenvalue weighted by atomic mass is 19.1. The summed E-state index contributed by atoms with van der Waals surface area (Å²) in [5, 5.41) is 17.7. The van der Waals surface area contributed by atoms with Crippen LogP contribution < -0.4 is 11.1 Å². The van der Waals surface area contributed by atoms with Gasteiger partial charge in [-0.15, -0.1) is 0 Å². The molecule has 0 bridgehead atoms. The van der Waals surface area contributed by atoms with Gasteiger partial charge in [0, 0.05) is 18.3 Å². The molecule has 7 nitrogen and oxygen atoms in total. The van der Waals surface area contributed by atoms with Gasteiger partial charge < -0.3 is 16.3 Å². The number of anilines is 1. The number of carbonyl (C=O) groups excluding carboxylic acids is 1. The highest BCUT2D eigenvalue weighted by Gasteiger charge is 2.15. The Morgan fingerprint density at radius 1 is 1.52 bits per heavy atom. The zero-order chi connectivity index (χ0) is 15.6. The molecule has 21 heavy (non-hydrogen) atoms. The summed E-state index contributed by atoms with van der Waals surface area (Å²) in [5.74, 6) is -1.36. The Balaban J connectivity index is 2.24. The summed E-state index contributed by atoms with van der Waals surface area (Å²) in [7, 11) is 1.71. The number of nitrogens with one attached hydrogen (secondary N) is 1. The molecule has 1 heterocycles. The van der Waals surface area contributed by atoms with Gasteiger partial charge in [-0.25, -0.2) is 4.39 Å². The maximum absolute atomic E-state index is 13.9. The minimum Gasteiger partial charge on any atom is -0.409 e. The van der Waals surface area contributed by atoms with Crippen LogP contribution in [0.5, 0.6) is 0 Å². The van der Waals surface area contributed by atoms with Gasteiger partial charge in [-0.1, -0.05) is 5.16 Å². The lowest BCUT2D eigenvalue weighted by Crippen LogP contribution is -2.16. The van der Waals surface area contributed by atoms with Gasteiger partial charge >= 0.3 is 0 Å². The monoisotopic (exact) mass is 291 g/mol. The molecule has 0 unspecified atom stereocenters. The van der Waals surface area contributed by atoms with Crippen LogP contribution in [0.15, 0.2) is 29.6 Å². The fraction of sp³-hybridized carbons (Fsp3) is 0.154. The molecule has 4 N–H and O–H groups in total. The number of amides is 1. The van der Waals surface area contributed by atoms with Gasteiger partial charge in [-0.3, -0.25) is 9.48 Å². The van der Waals surface area contributed by atoms with E-state index < -0.39 is 11.7 Å². The third kappa shape index (κ3) is 2.83. The number of halogens is 1. The van der Waals surface area contributed by atoms with E-state index in [2.05, 4.69) is 15.6 Å². The summed E-state index contributed by atoms with van der Waals surface area (Å²) >= 11 is 0. The van der Waals surface area contributed by atoms with Crippen molar-refractivity contribution in [3.8, 4) is 0 Å². The Morgan fingerprint density at radius 2 is 2.24 bits per heavy atom. The van der Waals surface area contributed by atoms with Crippen LogP contribution >= 0.6 is 0 Å². The highest BCUT2D eigenvalue weighted by molar-refractivity contribution is 6.05. The fourth-order valence-electron chi connectivity index (χ4n) is 1.74. The molecule has 0 atom stereocenters. The molecule has 0 saturated heterocycles. The number of rotatable bonds is 3. The third-order valence-electron chi connectivity index (χ3n) is 3.10. The van der Waals surface area contributed by atoms with Crippen molar-refractivity contribution in [3.05, 3.63) is 47.0 Å². The molecule has 0 radical (unpaired) electrons. The first-order valence-corrected chi connectivity index (χ1v) is 6.01. The minimum absolute atomic E-state index is 0.00209. The predicted octanol–water partition coefficient (Wildman–Crippen LogP) is 1.21. The van der Waals surface area contributed by atoms with Crippen molar-refractivity contribution in [2.75, 3.05) is 5.32 Å². The van der Waals surface area contributed by atoms with Crippen LogP contribution in [0, 0.1) is 12.7 Å². The molecule has 1 aromatic carbocycles. The van der Waals surface area contributed by atoms with Crippen LogP contribution in [0.4, 0.5) is 10.1 Å². The molecule has 1 amide bonds. The summed E-state index contributed by atoms with van der Waals surface area (Å²) < 4.78 is 15.4. The first-order valence-electron chi connectivity index (χ1n) is 6.01. The van der Waals surface area contributed by atoms with E-state index in [0.29, 0.717) is 11.3 Å². The van der Waals surface area contributed by atoms with Crippen LogP contribution in [-0.4, -0.2) is 26.7 Å². The zero-order valence-corrected chi connectivity index (χ0v) is 11.5. The van der Waals surface area contributed by atoms with Crippen molar-refractivity contribution in [2.24, 2.45) is 17.9 Å². The van der Waals surface area contributed by atoms with Gasteiger partial charge in [0.25, 0.3) is 5.91 Å². The lowest BCUT2D eigenvalue weighted by molar-refractivity contribution is 0.102. The molecule has 110 valence electrons. The van der Waals surface area contributed by atoms with Crippen molar-refractivity contribution in [3.63, 3.8) is 0 Å². The van der Waals surface area contributed by atoms with E-state index in [1.54, 1.807) is 18.7 Å². The maximum atomic E-state index is 13.9. The quantitative estimate of drug-likeness (QED) is 0.342. The van der Waals surface area contributed by atoms with E-state index in [1.807, 2.05) is 0 Å². The Morgan fingerprint density at radius 3 is 2.76 bits per heavy atom. The number of amidine groups is 1. The third-order valence-corrected chi connectivity index (χ3v) is 3.10. The first kappa shape index (κ1) is 14.5. The number of benzene rings is 1. The predicted molar refractivity (Wildman–Crippen MR) is 74.8 cm³/mol. The highest BCUT2D eigenvalue weighted by Crippen LogP contribution is 2.17. The fourth-order valence-corrected chi connectivity index (χ4v) is 1.74. The normalized spacial score (nSPS) is 11.5. The molecular formula is C13H14FN5O2. The largest absolute Gasteiger partial charge is 0.409 e. The Hall–Kier alpha value is -2.90. The van der Waals surface area contributed by atoms with Gasteiger partial charge in [0.05, 0.1) is 17.4 Å². The van der Waals surface area contributed by atoms with Crippen molar-refractivity contribution in [1.82, 2.24) is 9.78 Å². The van der Waals surface area contributed by atoms with E-state index in [-0.39, 0.29) is 17.1 Å². The van der Waals surface area contributed by atoms with E-state index in [0.717, 1.165) is 6.07 Å². The smallest absolute Gasteiger partial charge is 0.259 e. The first-order chi connectivity index (χ1) is 9.93. The van der Waals surface area contributed by atoms with E-state index in [9.17, 15) is 9.18 Å². The summed E-state index contributed by atoms with van der Waals surface area (Å²) in [6, 6.07) is 3.84. The number of aryl methyl sites for hydroxylation is 1. The molecule has 1 aromatic heterocycles. The summed E-state index contributed by atoms with van der Waals surface area (Å²) in [6.07, 6.45) is 1.41. The molecule has 2 aromatic rings. The number of hydrogen-bond donors (Lipinski definition) is 3. The summed E-state index contributed by atoms with van der Waals surface area (Å²) in [5.41, 5.74) is 6.60. The lowest BCUT2D eigenvalue weighted by Gasteiger charge is -2.07. The topological polar surface area (TPSA) is 106 Å². The van der Waals surface area contributed by atoms with Crippen molar-refractivity contribution >= 4 is 17.4 Å². The van der Waals surface area contributed by atoms with E-state index in [4.69, 9.17) is 10.9 Å². The molecule has 2 rings (SSSR count). The van der Waals surface area contributed by atoms with Crippen LogP contribution in [0.2, 0.25) is 0 Å². The van der Waals surface area contributed by atoms with Gasteiger partial charge in [-0.05, 0) is 25.1 Å². The molecule has 0 aliphatic carbocycles. The number of aromatic nitrogens is 2. The summed E-state index contributed by atoms with van der Waals surface area (Å²) in [4.78, 5) is 12.1. The Kier molecular flexibility index (Phi) is 3.88. The second kappa shape index (κ2) is 5.61. The Labute approximate surface area is 119 Å². The van der Waals surface area contributed by atoms with Crippen molar-refractivity contribution in [2.45, 2.75) is 6.92 Å². The van der Waals surface area contributed by atoms with Crippen LogP contribution in [0.3, 0.4) is 0 Å². The maximum Gasteiger partial charge on any atom is 0.259 e. The van der Waals surface area contributed by atoms with Gasteiger partial charge in [0.15, 0.2) is 5.84 Å². The second-order valence-corrected chi connectivity index (χ2v) is 4.40. The van der Waals surface area contributed by atoms with Crippen molar-refractivity contribution < 1.29 is 14.4 Å². The number of nitrogens with zero attached hydrogens (tertiary/aromatic N) is 3. The van der Waals surface area contributed by atoms with Crippen LogP contribution in [0.1, 0.15) is 21.6 Å². The SMILES string of the molecule is Cc1c(C(=O)Nc2ccc(/C(N)=N/O)cc2F)cnn1C. The molecule has 0 aliphatic rings. The van der Waals surface area contributed by atoms with Gasteiger partial charge in [0.1, 0.15) is 5.82 Å². The van der Waals surface area contributed by atoms with E-state index in [1.165, 1.54) is 18.3 Å². The standard InChI is InChI=1S/C13H14FN5O2/c1-7-9(6-16-19(7)2)13(20)17-11-4-3-8(5-10(11)14)12(15)18-21/h3-6,21H,1-2H3,(H2,15,18)(H,17,20). The van der Waals surface area contributed by atoms with Crippen molar-refractivity contribution in [1.29, 1.82) is 0 Å².